The lowest BCUT2D eigenvalue weighted by molar-refractivity contribution is -0.139. The van der Waals surface area contributed by atoms with Crippen molar-refractivity contribution in [1.82, 2.24) is 10.2 Å². The van der Waals surface area contributed by atoms with Crippen molar-refractivity contribution in [2.24, 2.45) is 5.92 Å². The molecular formula is C31H38FN3O4S. The Kier molecular flexibility index (Phi) is 10.1. The number of sulfonamides is 1. The molecule has 3 rings (SSSR count). The fourth-order valence-electron chi connectivity index (χ4n) is 4.28. The molecule has 1 atom stereocenters. The zero-order valence-corrected chi connectivity index (χ0v) is 24.8. The van der Waals surface area contributed by atoms with E-state index in [1.165, 1.54) is 29.2 Å². The maximum absolute atomic E-state index is 14.0. The molecule has 3 aromatic carbocycles. The number of halogens is 1. The second-order valence-corrected chi connectivity index (χ2v) is 12.5. The van der Waals surface area contributed by atoms with Crippen LogP contribution in [0, 0.1) is 32.5 Å². The monoisotopic (exact) mass is 567 g/mol. The van der Waals surface area contributed by atoms with E-state index < -0.39 is 34.3 Å². The minimum atomic E-state index is -4.14. The van der Waals surface area contributed by atoms with Gasteiger partial charge in [-0.15, -0.1) is 0 Å². The standard InChI is InChI=1S/C31H38FN3O4S/c1-21(2)18-33-31(37)25(6)34(19-26-9-11-27(32)12-10-26)30(36)20-35(28-16-23(4)15-24(5)17-28)40(38,39)29-13-7-22(3)8-14-29/h7-17,21,25H,18-20H2,1-6H3,(H,33,37). The fourth-order valence-corrected chi connectivity index (χ4v) is 5.68. The van der Waals surface area contributed by atoms with Crippen LogP contribution in [0.3, 0.4) is 0 Å². The summed E-state index contributed by atoms with van der Waals surface area (Å²) in [6.45, 7) is 11.0. The molecule has 3 aromatic rings. The molecule has 7 nitrogen and oxygen atoms in total. The van der Waals surface area contributed by atoms with E-state index in [9.17, 15) is 22.4 Å². The van der Waals surface area contributed by atoms with Crippen LogP contribution in [0.5, 0.6) is 0 Å². The number of nitrogens with one attached hydrogen (secondary N) is 1. The first-order chi connectivity index (χ1) is 18.8. The minimum Gasteiger partial charge on any atom is -0.354 e. The van der Waals surface area contributed by atoms with E-state index in [0.29, 0.717) is 17.8 Å². The van der Waals surface area contributed by atoms with Gasteiger partial charge in [0.1, 0.15) is 18.4 Å². The lowest BCUT2D eigenvalue weighted by Gasteiger charge is -2.32. The first-order valence-corrected chi connectivity index (χ1v) is 14.7. The number of amides is 2. The Morgan fingerprint density at radius 1 is 0.850 bits per heavy atom. The Morgan fingerprint density at radius 3 is 1.98 bits per heavy atom. The molecular weight excluding hydrogens is 529 g/mol. The molecule has 0 aromatic heterocycles. The van der Waals surface area contributed by atoms with Gasteiger partial charge in [-0.2, -0.15) is 0 Å². The van der Waals surface area contributed by atoms with Gasteiger partial charge in [-0.3, -0.25) is 13.9 Å². The molecule has 2 amide bonds. The first-order valence-electron chi connectivity index (χ1n) is 13.3. The van der Waals surface area contributed by atoms with Crippen molar-refractivity contribution >= 4 is 27.5 Å². The van der Waals surface area contributed by atoms with Gasteiger partial charge in [0.2, 0.25) is 11.8 Å². The van der Waals surface area contributed by atoms with Crippen LogP contribution in [-0.4, -0.2) is 44.3 Å². The van der Waals surface area contributed by atoms with Gasteiger partial charge in [0.25, 0.3) is 10.0 Å². The van der Waals surface area contributed by atoms with Crippen LogP contribution in [-0.2, 0) is 26.2 Å². The van der Waals surface area contributed by atoms with Crippen LogP contribution in [0.15, 0.2) is 71.6 Å². The zero-order valence-electron chi connectivity index (χ0n) is 23.9. The number of hydrogen-bond donors (Lipinski definition) is 1. The van der Waals surface area contributed by atoms with E-state index in [1.807, 2.05) is 40.7 Å². The molecule has 0 heterocycles. The topological polar surface area (TPSA) is 86.8 Å². The lowest BCUT2D eigenvalue weighted by atomic mass is 10.1. The second kappa shape index (κ2) is 13.1. The van der Waals surface area contributed by atoms with Crippen LogP contribution >= 0.6 is 0 Å². The van der Waals surface area contributed by atoms with Crippen molar-refractivity contribution < 1.29 is 22.4 Å². The SMILES string of the molecule is Cc1ccc(S(=O)(=O)N(CC(=O)N(Cc2ccc(F)cc2)C(C)C(=O)NCC(C)C)c2cc(C)cc(C)c2)cc1. The number of nitrogens with zero attached hydrogens (tertiary/aromatic N) is 2. The highest BCUT2D eigenvalue weighted by Gasteiger charge is 2.32. The van der Waals surface area contributed by atoms with E-state index in [1.54, 1.807) is 43.3 Å². The van der Waals surface area contributed by atoms with Gasteiger partial charge in [-0.25, -0.2) is 12.8 Å². The Labute approximate surface area is 237 Å². The molecule has 0 saturated heterocycles. The predicted molar refractivity (Wildman–Crippen MR) is 156 cm³/mol. The highest BCUT2D eigenvalue weighted by Crippen LogP contribution is 2.27. The molecule has 0 aliphatic rings. The van der Waals surface area contributed by atoms with E-state index >= 15 is 0 Å². The van der Waals surface area contributed by atoms with E-state index in [0.717, 1.165) is 21.0 Å². The average Bonchev–Trinajstić information content (AvgIpc) is 2.89. The smallest absolute Gasteiger partial charge is 0.264 e. The van der Waals surface area contributed by atoms with E-state index in [4.69, 9.17) is 0 Å². The molecule has 1 unspecified atom stereocenters. The molecule has 0 radical (unpaired) electrons. The van der Waals surface area contributed by atoms with Crippen molar-refractivity contribution in [3.8, 4) is 0 Å². The largest absolute Gasteiger partial charge is 0.354 e. The summed E-state index contributed by atoms with van der Waals surface area (Å²) in [7, 11) is -4.14. The van der Waals surface area contributed by atoms with E-state index in [2.05, 4.69) is 5.32 Å². The van der Waals surface area contributed by atoms with Gasteiger partial charge >= 0.3 is 0 Å². The Hall–Kier alpha value is -3.72. The Balaban J connectivity index is 2.04. The molecule has 40 heavy (non-hydrogen) atoms. The first kappa shape index (κ1) is 30.8. The molecule has 0 saturated carbocycles. The van der Waals surface area contributed by atoms with Gasteiger partial charge in [0.15, 0.2) is 0 Å². The van der Waals surface area contributed by atoms with Crippen LogP contribution < -0.4 is 9.62 Å². The number of benzene rings is 3. The van der Waals surface area contributed by atoms with Crippen molar-refractivity contribution in [3.63, 3.8) is 0 Å². The molecule has 0 fully saturated rings. The number of aryl methyl sites for hydroxylation is 3. The molecule has 1 N–H and O–H groups in total. The molecule has 9 heteroatoms. The maximum Gasteiger partial charge on any atom is 0.264 e. The van der Waals surface area contributed by atoms with Crippen LogP contribution in [0.25, 0.3) is 0 Å². The quantitative estimate of drug-likeness (QED) is 0.348. The summed E-state index contributed by atoms with van der Waals surface area (Å²) in [6, 6.07) is 16.5. The average molecular weight is 568 g/mol. The van der Waals surface area contributed by atoms with Crippen LogP contribution in [0.1, 0.15) is 43.0 Å². The van der Waals surface area contributed by atoms with Crippen LogP contribution in [0.4, 0.5) is 10.1 Å². The zero-order chi connectivity index (χ0) is 29.6. The highest BCUT2D eigenvalue weighted by molar-refractivity contribution is 7.92. The molecule has 0 aliphatic carbocycles. The number of carbonyl (C=O) groups excluding carboxylic acids is 2. The third-order valence-corrected chi connectivity index (χ3v) is 8.29. The molecule has 0 aliphatic heterocycles. The maximum atomic E-state index is 14.0. The number of anilines is 1. The van der Waals surface area contributed by atoms with Gasteiger partial charge < -0.3 is 10.2 Å². The molecule has 214 valence electrons. The van der Waals surface area contributed by atoms with Crippen molar-refractivity contribution in [2.75, 3.05) is 17.4 Å². The Bertz CT molecular complexity index is 1420. The minimum absolute atomic E-state index is 0.000638. The molecule has 0 bridgehead atoms. The summed E-state index contributed by atoms with van der Waals surface area (Å²) in [6.07, 6.45) is 0. The summed E-state index contributed by atoms with van der Waals surface area (Å²) in [5.74, 6) is -1.14. The molecule has 0 spiro atoms. The summed E-state index contributed by atoms with van der Waals surface area (Å²) in [5, 5.41) is 2.85. The second-order valence-electron chi connectivity index (χ2n) is 10.6. The summed E-state index contributed by atoms with van der Waals surface area (Å²) in [5.41, 5.74) is 3.55. The van der Waals surface area contributed by atoms with Crippen LogP contribution in [0.2, 0.25) is 0 Å². The number of carbonyl (C=O) groups is 2. The summed E-state index contributed by atoms with van der Waals surface area (Å²) < 4.78 is 42.5. The number of rotatable bonds is 11. The fraction of sp³-hybridized carbons (Fsp3) is 0.355. The normalized spacial score (nSPS) is 12.2. The van der Waals surface area contributed by atoms with Gasteiger partial charge in [-0.1, -0.05) is 49.7 Å². The van der Waals surface area contributed by atoms with Crippen molar-refractivity contribution in [2.45, 2.75) is 59.0 Å². The third-order valence-electron chi connectivity index (χ3n) is 6.50. The van der Waals surface area contributed by atoms with Gasteiger partial charge in [0, 0.05) is 13.1 Å². The lowest BCUT2D eigenvalue weighted by Crippen LogP contribution is -2.51. The predicted octanol–water partition coefficient (Wildman–Crippen LogP) is 5.14. The van der Waals surface area contributed by atoms with E-state index in [-0.39, 0.29) is 23.3 Å². The Morgan fingerprint density at radius 2 is 1.43 bits per heavy atom. The number of hydrogen-bond acceptors (Lipinski definition) is 4. The highest BCUT2D eigenvalue weighted by atomic mass is 32.2. The van der Waals surface area contributed by atoms with Crippen molar-refractivity contribution in [3.05, 3.63) is 94.8 Å². The van der Waals surface area contributed by atoms with Crippen molar-refractivity contribution in [1.29, 1.82) is 0 Å². The summed E-state index contributed by atoms with van der Waals surface area (Å²) in [4.78, 5) is 28.4. The third kappa shape index (κ3) is 7.91. The van der Waals surface area contributed by atoms with Gasteiger partial charge in [-0.05, 0) is 86.7 Å². The summed E-state index contributed by atoms with van der Waals surface area (Å²) >= 11 is 0. The van der Waals surface area contributed by atoms with Gasteiger partial charge in [0.05, 0.1) is 10.6 Å².